The van der Waals surface area contributed by atoms with Crippen molar-refractivity contribution in [1.82, 2.24) is 29.9 Å². The molecular formula is C20H21ClN8. The minimum absolute atomic E-state index is 0.648. The topological polar surface area (TPSA) is 74.5 Å². The van der Waals surface area contributed by atoms with E-state index in [1.807, 2.05) is 42.5 Å². The van der Waals surface area contributed by atoms with Crippen LogP contribution in [0.15, 0.2) is 48.5 Å². The molecule has 0 aliphatic carbocycles. The van der Waals surface area contributed by atoms with E-state index in [-0.39, 0.29) is 0 Å². The molecule has 1 aliphatic heterocycles. The Kier molecular flexibility index (Phi) is 4.87. The molecule has 29 heavy (non-hydrogen) atoms. The lowest BCUT2D eigenvalue weighted by atomic mass is 10.2. The summed E-state index contributed by atoms with van der Waals surface area (Å²) in [6.45, 7) is 5.74. The molecule has 1 N–H and O–H groups in total. The largest absolute Gasteiger partial charge is 0.369 e. The normalized spacial score (nSPS) is 15.3. The maximum Gasteiger partial charge on any atom is 0.222 e. The third-order valence-corrected chi connectivity index (χ3v) is 5.52. The summed E-state index contributed by atoms with van der Waals surface area (Å²) in [6, 6.07) is 15.9. The van der Waals surface area contributed by atoms with Crippen molar-refractivity contribution in [2.24, 2.45) is 0 Å². The zero-order valence-electron chi connectivity index (χ0n) is 15.9. The van der Waals surface area contributed by atoms with Crippen molar-refractivity contribution >= 4 is 39.8 Å². The van der Waals surface area contributed by atoms with E-state index >= 15 is 0 Å². The number of rotatable bonds is 5. The van der Waals surface area contributed by atoms with Crippen molar-refractivity contribution in [3.05, 3.63) is 53.6 Å². The quantitative estimate of drug-likeness (QED) is 0.544. The van der Waals surface area contributed by atoms with E-state index in [2.05, 4.69) is 36.7 Å². The highest BCUT2D eigenvalue weighted by Gasteiger charge is 2.17. The summed E-state index contributed by atoms with van der Waals surface area (Å²) >= 11 is 6.12. The van der Waals surface area contributed by atoms with Gasteiger partial charge in [0.1, 0.15) is 0 Å². The van der Waals surface area contributed by atoms with Crippen molar-refractivity contribution in [3.8, 4) is 0 Å². The Balaban J connectivity index is 1.20. The summed E-state index contributed by atoms with van der Waals surface area (Å²) in [7, 11) is 0. The van der Waals surface area contributed by atoms with Crippen LogP contribution in [0.4, 0.5) is 11.5 Å². The highest BCUT2D eigenvalue weighted by Crippen LogP contribution is 2.21. The monoisotopic (exact) mass is 408 g/mol. The van der Waals surface area contributed by atoms with Gasteiger partial charge in [-0.15, -0.1) is 5.10 Å². The first-order chi connectivity index (χ1) is 14.3. The molecule has 0 unspecified atom stereocenters. The minimum atomic E-state index is 0.648. The minimum Gasteiger partial charge on any atom is -0.369 e. The van der Waals surface area contributed by atoms with E-state index in [1.165, 1.54) is 5.69 Å². The van der Waals surface area contributed by atoms with Crippen molar-refractivity contribution < 1.29 is 0 Å². The van der Waals surface area contributed by atoms with Gasteiger partial charge in [-0.1, -0.05) is 29.8 Å². The zero-order valence-corrected chi connectivity index (χ0v) is 16.6. The molecule has 9 heteroatoms. The number of hydrogen-bond acceptors (Lipinski definition) is 7. The maximum absolute atomic E-state index is 6.12. The lowest BCUT2D eigenvalue weighted by Gasteiger charge is -2.36. The van der Waals surface area contributed by atoms with Crippen LogP contribution in [-0.2, 0) is 0 Å². The van der Waals surface area contributed by atoms with Gasteiger partial charge in [0.25, 0.3) is 0 Å². The van der Waals surface area contributed by atoms with Crippen LogP contribution in [0.3, 0.4) is 0 Å². The molecule has 1 aliphatic rings. The van der Waals surface area contributed by atoms with Gasteiger partial charge in [-0.3, -0.25) is 4.90 Å². The highest BCUT2D eigenvalue weighted by molar-refractivity contribution is 6.30. The molecule has 2 aromatic heterocycles. The van der Waals surface area contributed by atoms with Gasteiger partial charge in [0.05, 0.1) is 11.0 Å². The second kappa shape index (κ2) is 7.81. The molecule has 2 aromatic carbocycles. The zero-order chi connectivity index (χ0) is 19.6. The number of anilines is 2. The Morgan fingerprint density at radius 2 is 1.86 bits per heavy atom. The molecular weight excluding hydrogens is 388 g/mol. The fraction of sp³-hybridized carbons (Fsp3) is 0.300. The van der Waals surface area contributed by atoms with Gasteiger partial charge in [-0.25, -0.2) is 4.98 Å². The molecule has 0 amide bonds. The number of aromatic nitrogens is 5. The standard InChI is InChI=1S/C20H21ClN8/c21-15-4-3-5-16(14-15)28-12-10-27(11-13-28)9-8-22-19-20-24-25-26-29(20)18-7-2-1-6-17(18)23-19/h1-7,14H,8-13H2,(H,22,23). The molecule has 0 saturated carbocycles. The predicted molar refractivity (Wildman–Crippen MR) is 115 cm³/mol. The summed E-state index contributed by atoms with van der Waals surface area (Å²) in [5.41, 5.74) is 3.60. The van der Waals surface area contributed by atoms with Gasteiger partial charge >= 0.3 is 0 Å². The van der Waals surface area contributed by atoms with Crippen molar-refractivity contribution in [1.29, 1.82) is 0 Å². The summed E-state index contributed by atoms with van der Waals surface area (Å²) in [4.78, 5) is 9.54. The van der Waals surface area contributed by atoms with Gasteiger partial charge in [-0.05, 0) is 40.8 Å². The van der Waals surface area contributed by atoms with E-state index in [4.69, 9.17) is 16.6 Å². The molecule has 1 fully saturated rings. The summed E-state index contributed by atoms with van der Waals surface area (Å²) in [5, 5.41) is 16.2. The molecule has 148 valence electrons. The molecule has 0 bridgehead atoms. The number of piperazine rings is 1. The fourth-order valence-electron chi connectivity index (χ4n) is 3.76. The van der Waals surface area contributed by atoms with Gasteiger partial charge < -0.3 is 10.2 Å². The van der Waals surface area contributed by atoms with E-state index in [0.29, 0.717) is 11.5 Å². The first kappa shape index (κ1) is 18.1. The van der Waals surface area contributed by atoms with Crippen LogP contribution in [0.5, 0.6) is 0 Å². The van der Waals surface area contributed by atoms with Crippen LogP contribution >= 0.6 is 11.6 Å². The van der Waals surface area contributed by atoms with Crippen LogP contribution in [0, 0.1) is 0 Å². The smallest absolute Gasteiger partial charge is 0.222 e. The van der Waals surface area contributed by atoms with Crippen LogP contribution in [0.25, 0.3) is 16.7 Å². The first-order valence-corrected chi connectivity index (χ1v) is 10.1. The predicted octanol–water partition coefficient (Wildman–Crippen LogP) is 2.56. The third-order valence-electron chi connectivity index (χ3n) is 5.29. The number of halogens is 1. The average Bonchev–Trinajstić information content (AvgIpc) is 3.25. The van der Waals surface area contributed by atoms with Crippen LogP contribution in [0.2, 0.25) is 5.02 Å². The molecule has 0 atom stereocenters. The van der Waals surface area contributed by atoms with Crippen LogP contribution in [0.1, 0.15) is 0 Å². The van der Waals surface area contributed by atoms with Crippen LogP contribution in [-0.4, -0.2) is 69.2 Å². The Bertz CT molecular complexity index is 1140. The molecule has 0 spiro atoms. The van der Waals surface area contributed by atoms with Crippen molar-refractivity contribution in [3.63, 3.8) is 0 Å². The first-order valence-electron chi connectivity index (χ1n) is 9.71. The van der Waals surface area contributed by atoms with Crippen molar-refractivity contribution in [2.75, 3.05) is 49.5 Å². The number of hydrogen-bond donors (Lipinski definition) is 1. The summed E-state index contributed by atoms with van der Waals surface area (Å²) in [5.74, 6) is 0.714. The molecule has 1 saturated heterocycles. The third kappa shape index (κ3) is 3.68. The lowest BCUT2D eigenvalue weighted by Crippen LogP contribution is -2.47. The van der Waals surface area contributed by atoms with Gasteiger partial charge in [0, 0.05) is 50.0 Å². The highest BCUT2D eigenvalue weighted by atomic mass is 35.5. The number of fused-ring (bicyclic) bond motifs is 3. The molecule has 4 aromatic rings. The number of tetrazole rings is 1. The average molecular weight is 409 g/mol. The second-order valence-electron chi connectivity index (χ2n) is 7.10. The molecule has 0 radical (unpaired) electrons. The van der Waals surface area contributed by atoms with E-state index in [9.17, 15) is 0 Å². The number of nitrogens with zero attached hydrogens (tertiary/aromatic N) is 7. The van der Waals surface area contributed by atoms with Gasteiger partial charge in [-0.2, -0.15) is 4.52 Å². The maximum atomic E-state index is 6.12. The Labute approximate surface area is 173 Å². The Morgan fingerprint density at radius 3 is 2.72 bits per heavy atom. The fourth-order valence-corrected chi connectivity index (χ4v) is 3.94. The lowest BCUT2D eigenvalue weighted by molar-refractivity contribution is 0.267. The van der Waals surface area contributed by atoms with E-state index in [1.54, 1.807) is 4.52 Å². The number of benzene rings is 2. The summed E-state index contributed by atoms with van der Waals surface area (Å²) in [6.07, 6.45) is 0. The van der Waals surface area contributed by atoms with Crippen LogP contribution < -0.4 is 10.2 Å². The number of nitrogens with one attached hydrogen (secondary N) is 1. The number of para-hydroxylation sites is 2. The Morgan fingerprint density at radius 1 is 1.00 bits per heavy atom. The second-order valence-corrected chi connectivity index (χ2v) is 7.54. The van der Waals surface area contributed by atoms with Gasteiger partial charge in [0.15, 0.2) is 5.82 Å². The Hall–Kier alpha value is -2.97. The molecule has 5 rings (SSSR count). The van der Waals surface area contributed by atoms with E-state index in [0.717, 1.165) is 55.3 Å². The molecule has 8 nitrogen and oxygen atoms in total. The SMILES string of the molecule is Clc1cccc(N2CCN(CCNc3nc4ccccc4n4nnnc34)CC2)c1. The summed E-state index contributed by atoms with van der Waals surface area (Å²) < 4.78 is 1.73. The molecule has 3 heterocycles. The van der Waals surface area contributed by atoms with E-state index < -0.39 is 0 Å². The van der Waals surface area contributed by atoms with Crippen molar-refractivity contribution in [2.45, 2.75) is 0 Å². The van der Waals surface area contributed by atoms with Gasteiger partial charge in [0.2, 0.25) is 5.65 Å².